The standard InChI is InChI=1S/C19H30N2O2.ClH/c1-4-15(3)23-18-9-7-17(8-10-18)21-19(22)12-14(2)16-6-5-11-20-13-16;/h7-10,14-16,20H,4-6,11-13H2,1-3H3,(H,21,22);1H. The maximum Gasteiger partial charge on any atom is 0.224 e. The van der Waals surface area contributed by atoms with E-state index >= 15 is 0 Å². The fourth-order valence-electron chi connectivity index (χ4n) is 2.97. The second kappa shape index (κ2) is 10.6. The normalized spacial score (nSPS) is 19.7. The van der Waals surface area contributed by atoms with Crippen LogP contribution in [0.2, 0.25) is 0 Å². The van der Waals surface area contributed by atoms with Crippen LogP contribution in [0.3, 0.4) is 0 Å². The van der Waals surface area contributed by atoms with Crippen LogP contribution in [0.4, 0.5) is 5.69 Å². The van der Waals surface area contributed by atoms with Crippen LogP contribution in [0, 0.1) is 11.8 Å². The van der Waals surface area contributed by atoms with Crippen molar-refractivity contribution in [1.82, 2.24) is 5.32 Å². The molecule has 24 heavy (non-hydrogen) atoms. The van der Waals surface area contributed by atoms with E-state index < -0.39 is 0 Å². The van der Waals surface area contributed by atoms with Crippen molar-refractivity contribution in [3.63, 3.8) is 0 Å². The van der Waals surface area contributed by atoms with Gasteiger partial charge in [-0.05, 0) is 75.4 Å². The minimum absolute atomic E-state index is 0. The number of carbonyl (C=O) groups is 1. The Bertz CT molecular complexity index is 487. The Morgan fingerprint density at radius 2 is 2.04 bits per heavy atom. The third-order valence-electron chi connectivity index (χ3n) is 4.70. The van der Waals surface area contributed by atoms with Gasteiger partial charge in [0.1, 0.15) is 5.75 Å². The molecule has 2 rings (SSSR count). The van der Waals surface area contributed by atoms with Gasteiger partial charge in [0.2, 0.25) is 5.91 Å². The second-order valence-corrected chi connectivity index (χ2v) is 6.70. The molecule has 1 heterocycles. The number of piperidine rings is 1. The Kier molecular flexibility index (Phi) is 9.16. The number of carbonyl (C=O) groups excluding carboxylic acids is 1. The molecular weight excluding hydrogens is 324 g/mol. The maximum absolute atomic E-state index is 12.2. The lowest BCUT2D eigenvalue weighted by Gasteiger charge is -2.28. The van der Waals surface area contributed by atoms with E-state index in [-0.39, 0.29) is 24.4 Å². The predicted molar refractivity (Wildman–Crippen MR) is 102 cm³/mol. The lowest BCUT2D eigenvalue weighted by molar-refractivity contribution is -0.117. The van der Waals surface area contributed by atoms with Crippen molar-refractivity contribution in [3.8, 4) is 5.75 Å². The Labute approximate surface area is 152 Å². The Hall–Kier alpha value is -1.26. The van der Waals surface area contributed by atoms with Gasteiger partial charge < -0.3 is 15.4 Å². The number of halogens is 1. The van der Waals surface area contributed by atoms with Gasteiger partial charge in [-0.25, -0.2) is 0 Å². The Morgan fingerprint density at radius 1 is 1.33 bits per heavy atom. The Balaban J connectivity index is 0.00000288. The largest absolute Gasteiger partial charge is 0.491 e. The highest BCUT2D eigenvalue weighted by Gasteiger charge is 2.22. The molecule has 1 fully saturated rings. The lowest BCUT2D eigenvalue weighted by atomic mass is 9.85. The van der Waals surface area contributed by atoms with Gasteiger partial charge in [0.05, 0.1) is 6.10 Å². The van der Waals surface area contributed by atoms with Crippen LogP contribution in [0.15, 0.2) is 24.3 Å². The van der Waals surface area contributed by atoms with E-state index in [1.54, 1.807) is 0 Å². The predicted octanol–water partition coefficient (Wildman–Crippen LogP) is 4.25. The number of benzene rings is 1. The van der Waals surface area contributed by atoms with Crippen LogP contribution < -0.4 is 15.4 Å². The van der Waals surface area contributed by atoms with E-state index in [4.69, 9.17) is 4.74 Å². The van der Waals surface area contributed by atoms with Crippen LogP contribution in [0.5, 0.6) is 5.75 Å². The van der Waals surface area contributed by atoms with E-state index in [0.29, 0.717) is 18.3 Å². The Morgan fingerprint density at radius 3 is 2.62 bits per heavy atom. The van der Waals surface area contributed by atoms with Gasteiger partial charge in [-0.3, -0.25) is 4.79 Å². The summed E-state index contributed by atoms with van der Waals surface area (Å²) in [6.07, 6.45) is 4.21. The number of ether oxygens (including phenoxy) is 1. The third kappa shape index (κ3) is 6.70. The molecule has 1 aromatic carbocycles. The van der Waals surface area contributed by atoms with Crippen molar-refractivity contribution < 1.29 is 9.53 Å². The molecule has 0 aromatic heterocycles. The molecule has 0 radical (unpaired) electrons. The molecule has 1 aliphatic rings. The van der Waals surface area contributed by atoms with Crippen LogP contribution in [0.25, 0.3) is 0 Å². The van der Waals surface area contributed by atoms with E-state index in [9.17, 15) is 4.79 Å². The fourth-order valence-corrected chi connectivity index (χ4v) is 2.97. The van der Waals surface area contributed by atoms with Gasteiger partial charge in [-0.1, -0.05) is 13.8 Å². The van der Waals surface area contributed by atoms with Gasteiger partial charge in [0, 0.05) is 12.1 Å². The van der Waals surface area contributed by atoms with E-state index in [1.165, 1.54) is 12.8 Å². The molecule has 1 saturated heterocycles. The molecule has 1 aromatic rings. The summed E-state index contributed by atoms with van der Waals surface area (Å²) in [5, 5.41) is 6.41. The molecule has 0 spiro atoms. The zero-order valence-corrected chi connectivity index (χ0v) is 15.8. The van der Waals surface area contributed by atoms with Crippen molar-refractivity contribution >= 4 is 24.0 Å². The first kappa shape index (κ1) is 20.8. The summed E-state index contributed by atoms with van der Waals surface area (Å²) in [6, 6.07) is 7.64. The molecule has 136 valence electrons. The summed E-state index contributed by atoms with van der Waals surface area (Å²) < 4.78 is 5.75. The molecular formula is C19H31ClN2O2. The van der Waals surface area contributed by atoms with Gasteiger partial charge in [-0.15, -0.1) is 12.4 Å². The van der Waals surface area contributed by atoms with Crippen molar-refractivity contribution in [1.29, 1.82) is 0 Å². The number of anilines is 1. The van der Waals surface area contributed by atoms with Crippen LogP contribution in [-0.4, -0.2) is 25.1 Å². The minimum atomic E-state index is 0. The minimum Gasteiger partial charge on any atom is -0.491 e. The van der Waals surface area contributed by atoms with E-state index in [2.05, 4.69) is 31.4 Å². The highest BCUT2D eigenvalue weighted by Crippen LogP contribution is 2.23. The van der Waals surface area contributed by atoms with Crippen molar-refractivity contribution in [2.24, 2.45) is 11.8 Å². The molecule has 4 nitrogen and oxygen atoms in total. The summed E-state index contributed by atoms with van der Waals surface area (Å²) in [5.41, 5.74) is 0.834. The maximum atomic E-state index is 12.2. The zero-order chi connectivity index (χ0) is 16.7. The number of nitrogens with one attached hydrogen (secondary N) is 2. The summed E-state index contributed by atoms with van der Waals surface area (Å²) in [6.45, 7) is 8.48. The van der Waals surface area contributed by atoms with Gasteiger partial charge in [0.15, 0.2) is 0 Å². The number of rotatable bonds is 7. The molecule has 2 N–H and O–H groups in total. The first-order valence-corrected chi connectivity index (χ1v) is 8.85. The zero-order valence-electron chi connectivity index (χ0n) is 15.0. The van der Waals surface area contributed by atoms with Crippen LogP contribution in [-0.2, 0) is 4.79 Å². The monoisotopic (exact) mass is 354 g/mol. The highest BCUT2D eigenvalue weighted by molar-refractivity contribution is 5.90. The average molecular weight is 355 g/mol. The molecule has 0 bridgehead atoms. The summed E-state index contributed by atoms with van der Waals surface area (Å²) in [4.78, 5) is 12.2. The number of amides is 1. The van der Waals surface area contributed by atoms with Gasteiger partial charge >= 0.3 is 0 Å². The summed E-state index contributed by atoms with van der Waals surface area (Å²) in [7, 11) is 0. The van der Waals surface area contributed by atoms with E-state index in [0.717, 1.165) is 30.9 Å². The van der Waals surface area contributed by atoms with Crippen molar-refractivity contribution in [2.45, 2.75) is 52.6 Å². The van der Waals surface area contributed by atoms with Crippen molar-refractivity contribution in [3.05, 3.63) is 24.3 Å². The smallest absolute Gasteiger partial charge is 0.224 e. The fraction of sp³-hybridized carbons (Fsp3) is 0.632. The third-order valence-corrected chi connectivity index (χ3v) is 4.70. The van der Waals surface area contributed by atoms with Gasteiger partial charge in [-0.2, -0.15) is 0 Å². The molecule has 0 aliphatic carbocycles. The van der Waals surface area contributed by atoms with Crippen LogP contribution >= 0.6 is 12.4 Å². The molecule has 3 atom stereocenters. The van der Waals surface area contributed by atoms with Crippen molar-refractivity contribution in [2.75, 3.05) is 18.4 Å². The second-order valence-electron chi connectivity index (χ2n) is 6.70. The first-order chi connectivity index (χ1) is 11.1. The van der Waals surface area contributed by atoms with E-state index in [1.807, 2.05) is 24.3 Å². The molecule has 1 amide bonds. The summed E-state index contributed by atoms with van der Waals surface area (Å²) >= 11 is 0. The topological polar surface area (TPSA) is 50.4 Å². The molecule has 1 aliphatic heterocycles. The molecule has 3 unspecified atom stereocenters. The summed E-state index contributed by atoms with van der Waals surface area (Å²) in [5.74, 6) is 1.97. The average Bonchev–Trinajstić information content (AvgIpc) is 2.57. The quantitative estimate of drug-likeness (QED) is 0.769. The SMILES string of the molecule is CCC(C)Oc1ccc(NC(=O)CC(C)C2CCCNC2)cc1.Cl. The number of hydrogen-bond donors (Lipinski definition) is 2. The lowest BCUT2D eigenvalue weighted by Crippen LogP contribution is -2.34. The molecule has 5 heteroatoms. The highest BCUT2D eigenvalue weighted by atomic mass is 35.5. The first-order valence-electron chi connectivity index (χ1n) is 8.85. The number of hydrogen-bond acceptors (Lipinski definition) is 3. The van der Waals surface area contributed by atoms with Crippen LogP contribution in [0.1, 0.15) is 46.5 Å². The van der Waals surface area contributed by atoms with Gasteiger partial charge in [0.25, 0.3) is 0 Å². The molecule has 0 saturated carbocycles.